The van der Waals surface area contributed by atoms with Gasteiger partial charge in [0.25, 0.3) is 0 Å². The molecule has 1 aliphatic rings. The van der Waals surface area contributed by atoms with Crippen molar-refractivity contribution in [3.8, 4) is 0 Å². The molecule has 0 spiro atoms. The van der Waals surface area contributed by atoms with Gasteiger partial charge in [-0.3, -0.25) is 0 Å². The van der Waals surface area contributed by atoms with E-state index in [4.69, 9.17) is 0 Å². The first-order valence-corrected chi connectivity index (χ1v) is 7.65. The van der Waals surface area contributed by atoms with Crippen molar-refractivity contribution >= 4 is 44.8 Å². The maximum atomic E-state index is 13.5. The highest BCUT2D eigenvalue weighted by molar-refractivity contribution is 9.14. The van der Waals surface area contributed by atoms with Gasteiger partial charge in [-0.25, -0.2) is 4.39 Å². The molecule has 0 radical (unpaired) electrons. The third kappa shape index (κ3) is 3.75. The number of rotatable bonds is 2. The summed E-state index contributed by atoms with van der Waals surface area (Å²) in [6, 6.07) is 0. The zero-order chi connectivity index (χ0) is 12.5. The van der Waals surface area contributed by atoms with Gasteiger partial charge in [-0.15, -0.1) is 11.8 Å². The lowest BCUT2D eigenvalue weighted by Crippen LogP contribution is -2.29. The molecule has 0 amide bonds. The van der Waals surface area contributed by atoms with E-state index in [2.05, 4.69) is 20.3 Å². The lowest BCUT2D eigenvalue weighted by atomic mass is 10.2. The fourth-order valence-corrected chi connectivity index (χ4v) is 3.53. The highest BCUT2D eigenvalue weighted by atomic mass is 79.9. The topological polar surface area (TPSA) is 35.4 Å². The van der Waals surface area contributed by atoms with Crippen molar-refractivity contribution in [3.05, 3.63) is 9.89 Å². The van der Waals surface area contributed by atoms with Crippen LogP contribution in [0.5, 0.6) is 0 Å². The Morgan fingerprint density at radius 1 is 1.62 bits per heavy atom. The van der Waals surface area contributed by atoms with Crippen LogP contribution in [0.3, 0.4) is 0 Å². The second-order valence-corrected chi connectivity index (χ2v) is 9.02. The molecule has 6 heteroatoms. The quantitative estimate of drug-likeness (QED) is 0.573. The van der Waals surface area contributed by atoms with Crippen molar-refractivity contribution in [2.45, 2.75) is 43.9 Å². The van der Waals surface area contributed by atoms with Gasteiger partial charge in [0.1, 0.15) is 22.3 Å². The van der Waals surface area contributed by atoms with E-state index in [1.165, 1.54) is 17.8 Å². The second-order valence-electron chi connectivity index (χ2n) is 4.55. The largest absolute Gasteiger partial charge is 0.591 e. The Morgan fingerprint density at radius 3 is 2.56 bits per heavy atom. The molecule has 16 heavy (non-hydrogen) atoms. The van der Waals surface area contributed by atoms with Gasteiger partial charge in [-0.1, -0.05) is 4.40 Å². The van der Waals surface area contributed by atoms with Crippen LogP contribution in [0.4, 0.5) is 4.39 Å². The van der Waals surface area contributed by atoms with Gasteiger partial charge in [-0.05, 0) is 49.7 Å². The summed E-state index contributed by atoms with van der Waals surface area (Å²) in [5.41, 5.74) is 0.594. The zero-order valence-electron chi connectivity index (χ0n) is 9.66. The molecular weight excluding hydrogens is 313 g/mol. The Hall–Kier alpha value is 0.480. The van der Waals surface area contributed by atoms with Crippen LogP contribution < -0.4 is 0 Å². The van der Waals surface area contributed by atoms with Crippen molar-refractivity contribution in [2.24, 2.45) is 4.40 Å². The Bertz CT molecular complexity index is 327. The van der Waals surface area contributed by atoms with Crippen molar-refractivity contribution < 1.29 is 8.94 Å². The molecule has 0 fully saturated rings. The number of nitrogens with zero attached hydrogens (tertiary/aromatic N) is 1. The summed E-state index contributed by atoms with van der Waals surface area (Å²) in [6.45, 7) is 7.28. The molecule has 0 saturated carbocycles. The minimum atomic E-state index is -1.32. The van der Waals surface area contributed by atoms with Crippen molar-refractivity contribution in [2.75, 3.05) is 0 Å². The van der Waals surface area contributed by atoms with Crippen LogP contribution in [0, 0.1) is 0 Å². The van der Waals surface area contributed by atoms with Gasteiger partial charge in [0.2, 0.25) is 0 Å². The van der Waals surface area contributed by atoms with Gasteiger partial charge in [-0.2, -0.15) is 0 Å². The average Bonchev–Trinajstić information content (AvgIpc) is 2.43. The summed E-state index contributed by atoms with van der Waals surface area (Å²) in [5.74, 6) is 0. The van der Waals surface area contributed by atoms with Crippen LogP contribution in [-0.4, -0.2) is 26.4 Å². The number of hydrogen-bond donors (Lipinski definition) is 0. The molecule has 0 aromatic heterocycles. The molecule has 0 aromatic carbocycles. The smallest absolute Gasteiger partial charge is 0.144 e. The summed E-state index contributed by atoms with van der Waals surface area (Å²) in [6.07, 6.45) is 0.453. The number of allylic oxidation sites excluding steroid dienone is 1. The van der Waals surface area contributed by atoms with E-state index in [0.29, 0.717) is 5.71 Å². The van der Waals surface area contributed by atoms with E-state index < -0.39 is 22.3 Å². The van der Waals surface area contributed by atoms with Gasteiger partial charge in [0.15, 0.2) is 0 Å². The molecule has 0 saturated heterocycles. The molecule has 0 bridgehead atoms. The van der Waals surface area contributed by atoms with E-state index in [1.54, 1.807) is 6.92 Å². The summed E-state index contributed by atoms with van der Waals surface area (Å²) < 4.78 is 29.8. The molecule has 0 aromatic rings. The van der Waals surface area contributed by atoms with Gasteiger partial charge < -0.3 is 4.55 Å². The molecular formula is C10H15BrFNOS2. The highest BCUT2D eigenvalue weighted by Gasteiger charge is 2.33. The molecule has 3 atom stereocenters. The molecule has 2 nitrogen and oxygen atoms in total. The van der Waals surface area contributed by atoms with Crippen LogP contribution in [0.2, 0.25) is 0 Å². The van der Waals surface area contributed by atoms with Gasteiger partial charge >= 0.3 is 0 Å². The van der Waals surface area contributed by atoms with Crippen LogP contribution in [0.25, 0.3) is 0 Å². The zero-order valence-corrected chi connectivity index (χ0v) is 12.9. The first kappa shape index (κ1) is 14.5. The number of halogens is 2. The molecule has 1 rings (SSSR count). The molecule has 0 N–H and O–H groups in total. The van der Waals surface area contributed by atoms with E-state index in [0.717, 1.165) is 3.81 Å². The minimum absolute atomic E-state index is 0.347. The Morgan fingerprint density at radius 2 is 2.19 bits per heavy atom. The normalized spacial score (nSPS) is 29.2. The van der Waals surface area contributed by atoms with Crippen LogP contribution in [0.15, 0.2) is 14.3 Å². The van der Waals surface area contributed by atoms with Crippen LogP contribution >= 0.6 is 27.7 Å². The van der Waals surface area contributed by atoms with E-state index in [-0.39, 0.29) is 5.25 Å². The predicted molar refractivity (Wildman–Crippen MR) is 74.3 cm³/mol. The van der Waals surface area contributed by atoms with Crippen molar-refractivity contribution in [1.29, 1.82) is 0 Å². The maximum Gasteiger partial charge on any atom is 0.144 e. The van der Waals surface area contributed by atoms with Crippen LogP contribution in [-0.2, 0) is 11.4 Å². The monoisotopic (exact) mass is 327 g/mol. The Balaban J connectivity index is 2.72. The number of alkyl halides is 1. The van der Waals surface area contributed by atoms with Crippen molar-refractivity contribution in [3.63, 3.8) is 0 Å². The number of thioether (sulfide) groups is 1. The third-order valence-corrected chi connectivity index (χ3v) is 5.52. The molecule has 92 valence electrons. The second kappa shape index (κ2) is 5.42. The van der Waals surface area contributed by atoms with E-state index >= 15 is 0 Å². The highest BCUT2D eigenvalue weighted by Crippen LogP contribution is 2.39. The fraction of sp³-hybridized carbons (Fsp3) is 0.700. The Labute approximate surface area is 112 Å². The summed E-state index contributed by atoms with van der Waals surface area (Å²) >= 11 is 3.30. The fourth-order valence-electron chi connectivity index (χ4n) is 1.07. The SMILES string of the molecule is C/C(=N\[S@+]([O-])C(C)(C)C)C1SC(Br)=CC1F. The summed E-state index contributed by atoms with van der Waals surface area (Å²) in [5, 5.41) is -0.347. The summed E-state index contributed by atoms with van der Waals surface area (Å²) in [4.78, 5) is 0. The lowest BCUT2D eigenvalue weighted by molar-refractivity contribution is 0.421. The third-order valence-electron chi connectivity index (χ3n) is 1.98. The predicted octanol–water partition coefficient (Wildman–Crippen LogP) is 3.60. The molecule has 1 aliphatic heterocycles. The van der Waals surface area contributed by atoms with Crippen molar-refractivity contribution in [1.82, 2.24) is 0 Å². The van der Waals surface area contributed by atoms with E-state index in [9.17, 15) is 8.94 Å². The van der Waals surface area contributed by atoms with Gasteiger partial charge in [0.05, 0.1) is 11.0 Å². The first-order valence-electron chi connectivity index (χ1n) is 4.87. The average molecular weight is 328 g/mol. The minimum Gasteiger partial charge on any atom is -0.591 e. The Kier molecular flexibility index (Phi) is 4.92. The molecule has 0 aliphatic carbocycles. The molecule has 2 unspecified atom stereocenters. The van der Waals surface area contributed by atoms with Crippen LogP contribution in [0.1, 0.15) is 27.7 Å². The first-order chi connectivity index (χ1) is 7.21. The molecule has 1 heterocycles. The maximum absolute atomic E-state index is 13.5. The summed E-state index contributed by atoms with van der Waals surface area (Å²) in [7, 11) is 0. The van der Waals surface area contributed by atoms with Gasteiger partial charge in [0, 0.05) is 3.81 Å². The number of hydrogen-bond acceptors (Lipinski definition) is 3. The lowest BCUT2D eigenvalue weighted by Gasteiger charge is -2.20. The van der Waals surface area contributed by atoms with E-state index in [1.807, 2.05) is 20.8 Å². The standard InChI is InChI=1S/C10H15BrFNOS2/c1-6(13-16(14)10(2,3)4)9-7(12)5-8(11)15-9/h5,7,9H,1-4H3/b13-6+/t7?,9?,16-/m1/s1.